The Hall–Kier alpha value is -2.50. The lowest BCUT2D eigenvalue weighted by atomic mass is 10.2. The third-order valence-electron chi connectivity index (χ3n) is 2.77. The summed E-state index contributed by atoms with van der Waals surface area (Å²) in [6.45, 7) is 1.94. The molecule has 19 heavy (non-hydrogen) atoms. The number of rotatable bonds is 3. The maximum atomic E-state index is 12.2. The van der Waals surface area contributed by atoms with Gasteiger partial charge in [0.05, 0.1) is 22.6 Å². The fourth-order valence-electron chi connectivity index (χ4n) is 1.84. The number of carbonyl (C=O) groups excluding carboxylic acids is 1. The summed E-state index contributed by atoms with van der Waals surface area (Å²) < 4.78 is 1.61. The summed E-state index contributed by atoms with van der Waals surface area (Å²) in [4.78, 5) is 12.2. The molecular formula is C13H16N4O2. The Balaban J connectivity index is 2.25. The van der Waals surface area contributed by atoms with Crippen LogP contribution in [0, 0.1) is 0 Å². The van der Waals surface area contributed by atoms with Crippen molar-refractivity contribution in [2.75, 3.05) is 11.1 Å². The minimum Gasteiger partial charge on any atom is -0.508 e. The Morgan fingerprint density at radius 2 is 2.26 bits per heavy atom. The van der Waals surface area contributed by atoms with Crippen molar-refractivity contribution in [2.24, 2.45) is 7.05 Å². The second-order valence-corrected chi connectivity index (χ2v) is 4.24. The van der Waals surface area contributed by atoms with Crippen LogP contribution >= 0.6 is 0 Å². The van der Waals surface area contributed by atoms with E-state index in [0.717, 1.165) is 5.69 Å². The number of hydrogen-bond acceptors (Lipinski definition) is 4. The van der Waals surface area contributed by atoms with E-state index in [1.807, 2.05) is 6.92 Å². The minimum absolute atomic E-state index is 0.0612. The summed E-state index contributed by atoms with van der Waals surface area (Å²) in [5.41, 5.74) is 7.77. The van der Waals surface area contributed by atoms with Crippen molar-refractivity contribution in [3.63, 3.8) is 0 Å². The van der Waals surface area contributed by atoms with Crippen molar-refractivity contribution in [3.8, 4) is 5.75 Å². The Morgan fingerprint density at radius 3 is 2.89 bits per heavy atom. The van der Waals surface area contributed by atoms with E-state index in [1.165, 1.54) is 12.1 Å². The van der Waals surface area contributed by atoms with E-state index >= 15 is 0 Å². The third kappa shape index (κ3) is 2.67. The number of phenolic OH excluding ortho intramolecular Hbond substituents is 1. The highest BCUT2D eigenvalue weighted by atomic mass is 16.3. The lowest BCUT2D eigenvalue weighted by Gasteiger charge is -2.08. The molecule has 0 fully saturated rings. The smallest absolute Gasteiger partial charge is 0.259 e. The Morgan fingerprint density at radius 1 is 1.53 bits per heavy atom. The fraction of sp³-hybridized carbons (Fsp3) is 0.231. The molecule has 0 atom stereocenters. The highest BCUT2D eigenvalue weighted by Crippen LogP contribution is 2.24. The van der Waals surface area contributed by atoms with Gasteiger partial charge in [0, 0.05) is 19.3 Å². The van der Waals surface area contributed by atoms with Crippen LogP contribution in [0.2, 0.25) is 0 Å². The first-order valence-electron chi connectivity index (χ1n) is 5.93. The standard InChI is InChI=1S/C13H16N4O2/c1-3-11-9(7-17(2)16-11)13(19)15-12-5-4-8(18)6-10(12)14/h4-7,18H,3,14H2,1-2H3,(H,15,19). The molecule has 0 saturated carbocycles. The van der Waals surface area contributed by atoms with Gasteiger partial charge in [-0.2, -0.15) is 5.10 Å². The zero-order valence-corrected chi connectivity index (χ0v) is 10.8. The summed E-state index contributed by atoms with van der Waals surface area (Å²) in [5.74, 6) is -0.200. The first-order valence-corrected chi connectivity index (χ1v) is 5.93. The molecule has 2 aromatic rings. The van der Waals surface area contributed by atoms with Gasteiger partial charge in [-0.05, 0) is 18.6 Å². The number of anilines is 2. The van der Waals surface area contributed by atoms with Crippen molar-refractivity contribution >= 4 is 17.3 Å². The summed E-state index contributed by atoms with van der Waals surface area (Å²) in [7, 11) is 1.77. The van der Waals surface area contributed by atoms with Gasteiger partial charge in [0.15, 0.2) is 0 Å². The number of aryl methyl sites for hydroxylation is 2. The lowest BCUT2D eigenvalue weighted by Crippen LogP contribution is -2.14. The van der Waals surface area contributed by atoms with Gasteiger partial charge in [0.1, 0.15) is 5.75 Å². The average molecular weight is 260 g/mol. The number of hydrogen-bond donors (Lipinski definition) is 3. The van der Waals surface area contributed by atoms with E-state index in [0.29, 0.717) is 23.4 Å². The predicted molar refractivity (Wildman–Crippen MR) is 73.1 cm³/mol. The van der Waals surface area contributed by atoms with Gasteiger partial charge in [-0.15, -0.1) is 0 Å². The Kier molecular flexibility index (Phi) is 3.41. The van der Waals surface area contributed by atoms with Crippen molar-refractivity contribution < 1.29 is 9.90 Å². The second-order valence-electron chi connectivity index (χ2n) is 4.24. The molecule has 0 aliphatic carbocycles. The molecule has 6 nitrogen and oxygen atoms in total. The van der Waals surface area contributed by atoms with Crippen molar-refractivity contribution in [1.29, 1.82) is 0 Å². The van der Waals surface area contributed by atoms with Crippen LogP contribution in [0.15, 0.2) is 24.4 Å². The number of phenols is 1. The SMILES string of the molecule is CCc1nn(C)cc1C(=O)Nc1ccc(O)cc1N. The zero-order chi connectivity index (χ0) is 14.0. The molecule has 4 N–H and O–H groups in total. The second kappa shape index (κ2) is 5.01. The maximum Gasteiger partial charge on any atom is 0.259 e. The highest BCUT2D eigenvalue weighted by molar-refractivity contribution is 6.06. The van der Waals surface area contributed by atoms with Crippen LogP contribution in [0.4, 0.5) is 11.4 Å². The molecule has 0 spiro atoms. The fourth-order valence-corrected chi connectivity index (χ4v) is 1.84. The van der Waals surface area contributed by atoms with E-state index in [2.05, 4.69) is 10.4 Å². The largest absolute Gasteiger partial charge is 0.508 e. The van der Waals surface area contributed by atoms with Crippen LogP contribution in [0.25, 0.3) is 0 Å². The summed E-state index contributed by atoms with van der Waals surface area (Å²) in [5, 5.41) is 16.2. The van der Waals surface area contributed by atoms with Crippen LogP contribution in [0.1, 0.15) is 23.0 Å². The van der Waals surface area contributed by atoms with Gasteiger partial charge >= 0.3 is 0 Å². The first kappa shape index (κ1) is 12.9. The number of nitrogen functional groups attached to an aromatic ring is 1. The zero-order valence-electron chi connectivity index (χ0n) is 10.8. The minimum atomic E-state index is -0.262. The molecule has 0 aliphatic heterocycles. The van der Waals surface area contributed by atoms with E-state index in [9.17, 15) is 9.90 Å². The van der Waals surface area contributed by atoms with Gasteiger partial charge < -0.3 is 16.2 Å². The number of amides is 1. The Bertz CT molecular complexity index is 619. The Labute approximate surface area is 110 Å². The summed E-state index contributed by atoms with van der Waals surface area (Å²) in [6, 6.07) is 4.42. The molecule has 1 aromatic carbocycles. The van der Waals surface area contributed by atoms with E-state index in [1.54, 1.807) is 24.0 Å². The molecule has 1 aromatic heterocycles. The monoisotopic (exact) mass is 260 g/mol. The number of nitrogens with zero attached hydrogens (tertiary/aromatic N) is 2. The highest BCUT2D eigenvalue weighted by Gasteiger charge is 2.15. The molecule has 100 valence electrons. The topological polar surface area (TPSA) is 93.2 Å². The van der Waals surface area contributed by atoms with Gasteiger partial charge in [-0.25, -0.2) is 0 Å². The number of aromatic hydroxyl groups is 1. The van der Waals surface area contributed by atoms with Crippen LogP contribution in [-0.2, 0) is 13.5 Å². The number of benzene rings is 1. The van der Waals surface area contributed by atoms with Crippen LogP contribution in [-0.4, -0.2) is 20.8 Å². The molecule has 0 bridgehead atoms. The van der Waals surface area contributed by atoms with E-state index < -0.39 is 0 Å². The first-order chi connectivity index (χ1) is 9.01. The van der Waals surface area contributed by atoms with Crippen LogP contribution in [0.5, 0.6) is 5.75 Å². The average Bonchev–Trinajstić information content (AvgIpc) is 2.74. The molecule has 2 rings (SSSR count). The number of nitrogens with two attached hydrogens (primary N) is 1. The number of nitrogens with one attached hydrogen (secondary N) is 1. The lowest BCUT2D eigenvalue weighted by molar-refractivity contribution is 0.102. The van der Waals surface area contributed by atoms with Crippen molar-refractivity contribution in [2.45, 2.75) is 13.3 Å². The third-order valence-corrected chi connectivity index (χ3v) is 2.77. The maximum absolute atomic E-state index is 12.2. The van der Waals surface area contributed by atoms with Gasteiger partial charge in [-0.3, -0.25) is 9.48 Å². The van der Waals surface area contributed by atoms with Crippen molar-refractivity contribution in [1.82, 2.24) is 9.78 Å². The molecule has 0 aliphatic rings. The van der Waals surface area contributed by atoms with E-state index in [4.69, 9.17) is 5.73 Å². The molecule has 1 heterocycles. The molecule has 0 unspecified atom stereocenters. The van der Waals surface area contributed by atoms with Crippen LogP contribution < -0.4 is 11.1 Å². The molecule has 1 amide bonds. The quantitative estimate of drug-likeness (QED) is 0.576. The number of aromatic nitrogens is 2. The van der Waals surface area contributed by atoms with Crippen molar-refractivity contribution in [3.05, 3.63) is 35.7 Å². The normalized spacial score (nSPS) is 10.4. The molecular weight excluding hydrogens is 244 g/mol. The van der Waals surface area contributed by atoms with Gasteiger partial charge in [0.2, 0.25) is 0 Å². The molecule has 0 radical (unpaired) electrons. The molecule has 6 heteroatoms. The predicted octanol–water partition coefficient (Wildman–Crippen LogP) is 1.52. The van der Waals surface area contributed by atoms with Crippen LogP contribution in [0.3, 0.4) is 0 Å². The molecule has 0 saturated heterocycles. The van der Waals surface area contributed by atoms with Gasteiger partial charge in [0.25, 0.3) is 5.91 Å². The van der Waals surface area contributed by atoms with E-state index in [-0.39, 0.29) is 11.7 Å². The number of carbonyl (C=O) groups is 1. The summed E-state index contributed by atoms with van der Waals surface area (Å²) in [6.07, 6.45) is 2.35. The van der Waals surface area contributed by atoms with Gasteiger partial charge in [-0.1, -0.05) is 6.92 Å². The summed E-state index contributed by atoms with van der Waals surface area (Å²) >= 11 is 0.